The number of hydrogen-bond donors (Lipinski definition) is 2. The largest absolute Gasteiger partial charge is 0.508 e. The van der Waals surface area contributed by atoms with Gasteiger partial charge in [0.15, 0.2) is 0 Å². The Morgan fingerprint density at radius 1 is 1.22 bits per heavy atom. The molecule has 1 saturated carbocycles. The first-order valence-electron chi connectivity index (χ1n) is 6.69. The molecule has 2 unspecified atom stereocenters. The van der Waals surface area contributed by atoms with Crippen molar-refractivity contribution in [3.05, 3.63) is 23.3 Å². The van der Waals surface area contributed by atoms with Crippen LogP contribution >= 0.6 is 0 Å². The van der Waals surface area contributed by atoms with Crippen LogP contribution in [0, 0.1) is 13.8 Å². The molecule has 1 aromatic carbocycles. The lowest BCUT2D eigenvalue weighted by Crippen LogP contribution is -2.31. The Kier molecular flexibility index (Phi) is 4.12. The number of aryl methyl sites for hydroxylation is 2. The predicted molar refractivity (Wildman–Crippen MR) is 74.3 cm³/mol. The van der Waals surface area contributed by atoms with Gasteiger partial charge in [-0.15, -0.1) is 0 Å². The molecule has 0 aromatic heterocycles. The molecule has 3 heteroatoms. The van der Waals surface area contributed by atoms with Crippen molar-refractivity contribution in [3.8, 4) is 5.75 Å². The summed E-state index contributed by atoms with van der Waals surface area (Å²) in [4.78, 5) is 0. The topological polar surface area (TPSA) is 41.5 Å². The minimum atomic E-state index is 0.372. The van der Waals surface area contributed by atoms with E-state index < -0.39 is 0 Å². The SMILES string of the molecule is COC1CCCC(Nc2cc(C)c(O)cc2C)C1. The maximum atomic E-state index is 9.66. The Balaban J connectivity index is 2.07. The Hall–Kier alpha value is -1.22. The first-order valence-corrected chi connectivity index (χ1v) is 6.69. The first kappa shape index (κ1) is 13.2. The van der Waals surface area contributed by atoms with Crippen LogP contribution in [-0.2, 0) is 4.74 Å². The van der Waals surface area contributed by atoms with Gasteiger partial charge in [-0.25, -0.2) is 0 Å². The maximum absolute atomic E-state index is 9.66. The van der Waals surface area contributed by atoms with E-state index in [4.69, 9.17) is 4.74 Å². The summed E-state index contributed by atoms with van der Waals surface area (Å²) < 4.78 is 5.45. The lowest BCUT2D eigenvalue weighted by atomic mass is 9.92. The second kappa shape index (κ2) is 5.61. The van der Waals surface area contributed by atoms with Crippen LogP contribution in [0.1, 0.15) is 36.8 Å². The number of phenolic OH excluding ortho intramolecular Hbond substituents is 1. The summed E-state index contributed by atoms with van der Waals surface area (Å²) in [5.74, 6) is 0.372. The van der Waals surface area contributed by atoms with Gasteiger partial charge in [-0.3, -0.25) is 0 Å². The van der Waals surface area contributed by atoms with E-state index >= 15 is 0 Å². The number of anilines is 1. The average molecular weight is 249 g/mol. The Labute approximate surface area is 109 Å². The molecule has 2 N–H and O–H groups in total. The smallest absolute Gasteiger partial charge is 0.118 e. The highest BCUT2D eigenvalue weighted by Crippen LogP contribution is 2.29. The highest BCUT2D eigenvalue weighted by atomic mass is 16.5. The van der Waals surface area contributed by atoms with Gasteiger partial charge in [0.25, 0.3) is 0 Å². The lowest BCUT2D eigenvalue weighted by molar-refractivity contribution is 0.0669. The molecule has 2 rings (SSSR count). The van der Waals surface area contributed by atoms with Crippen molar-refractivity contribution in [1.82, 2.24) is 0 Å². The number of rotatable bonds is 3. The number of ether oxygens (including phenoxy) is 1. The van der Waals surface area contributed by atoms with Crippen LogP contribution in [0.4, 0.5) is 5.69 Å². The van der Waals surface area contributed by atoms with Crippen molar-refractivity contribution >= 4 is 5.69 Å². The molecule has 2 atom stereocenters. The third kappa shape index (κ3) is 2.96. The van der Waals surface area contributed by atoms with Gasteiger partial charge in [-0.2, -0.15) is 0 Å². The predicted octanol–water partition coefficient (Wildman–Crippen LogP) is 3.38. The van der Waals surface area contributed by atoms with Gasteiger partial charge in [0, 0.05) is 18.8 Å². The van der Waals surface area contributed by atoms with E-state index in [1.54, 1.807) is 7.11 Å². The van der Waals surface area contributed by atoms with Crippen LogP contribution in [0.25, 0.3) is 0 Å². The molecule has 0 spiro atoms. The Bertz CT molecular complexity index is 417. The second-order valence-corrected chi connectivity index (χ2v) is 5.32. The summed E-state index contributed by atoms with van der Waals surface area (Å²) in [6, 6.07) is 4.33. The number of phenols is 1. The van der Waals surface area contributed by atoms with E-state index in [-0.39, 0.29) is 0 Å². The Morgan fingerprint density at radius 3 is 2.72 bits per heavy atom. The molecular weight excluding hydrogens is 226 g/mol. The van der Waals surface area contributed by atoms with E-state index in [0.717, 1.165) is 23.2 Å². The number of hydrogen-bond acceptors (Lipinski definition) is 3. The van der Waals surface area contributed by atoms with Gasteiger partial charge >= 0.3 is 0 Å². The van der Waals surface area contributed by atoms with Gasteiger partial charge in [0.1, 0.15) is 5.75 Å². The first-order chi connectivity index (χ1) is 8.60. The third-order valence-corrected chi connectivity index (χ3v) is 3.86. The van der Waals surface area contributed by atoms with Gasteiger partial charge in [-0.05, 0) is 62.8 Å². The molecule has 0 bridgehead atoms. The molecule has 0 amide bonds. The van der Waals surface area contributed by atoms with Gasteiger partial charge in [-0.1, -0.05) is 0 Å². The highest BCUT2D eigenvalue weighted by molar-refractivity contribution is 5.57. The number of benzene rings is 1. The van der Waals surface area contributed by atoms with Crippen LogP contribution in [0.3, 0.4) is 0 Å². The number of aromatic hydroxyl groups is 1. The van der Waals surface area contributed by atoms with Crippen molar-refractivity contribution in [3.63, 3.8) is 0 Å². The zero-order valence-electron chi connectivity index (χ0n) is 11.5. The van der Waals surface area contributed by atoms with E-state index in [2.05, 4.69) is 5.32 Å². The zero-order valence-corrected chi connectivity index (χ0v) is 11.5. The maximum Gasteiger partial charge on any atom is 0.118 e. The fourth-order valence-corrected chi connectivity index (χ4v) is 2.67. The van der Waals surface area contributed by atoms with Crippen molar-refractivity contribution in [2.24, 2.45) is 0 Å². The van der Waals surface area contributed by atoms with E-state index in [9.17, 15) is 5.11 Å². The van der Waals surface area contributed by atoms with Crippen LogP contribution in [0.5, 0.6) is 5.75 Å². The Morgan fingerprint density at radius 2 is 2.00 bits per heavy atom. The van der Waals surface area contributed by atoms with Gasteiger partial charge in [0.05, 0.1) is 6.10 Å². The second-order valence-electron chi connectivity index (χ2n) is 5.32. The van der Waals surface area contributed by atoms with Crippen molar-refractivity contribution in [2.75, 3.05) is 12.4 Å². The number of methoxy groups -OCH3 is 1. The minimum Gasteiger partial charge on any atom is -0.508 e. The van der Waals surface area contributed by atoms with Crippen molar-refractivity contribution < 1.29 is 9.84 Å². The van der Waals surface area contributed by atoms with Crippen molar-refractivity contribution in [2.45, 2.75) is 51.7 Å². The zero-order chi connectivity index (χ0) is 13.1. The van der Waals surface area contributed by atoms with Crippen LogP contribution in [-0.4, -0.2) is 24.4 Å². The van der Waals surface area contributed by atoms with Crippen molar-refractivity contribution in [1.29, 1.82) is 0 Å². The highest BCUT2D eigenvalue weighted by Gasteiger charge is 2.21. The molecule has 0 heterocycles. The molecule has 1 aliphatic rings. The van der Waals surface area contributed by atoms with Gasteiger partial charge < -0.3 is 15.2 Å². The summed E-state index contributed by atoms with van der Waals surface area (Å²) in [5, 5.41) is 13.3. The summed E-state index contributed by atoms with van der Waals surface area (Å²) >= 11 is 0. The summed E-state index contributed by atoms with van der Waals surface area (Å²) in [5.41, 5.74) is 3.15. The monoisotopic (exact) mass is 249 g/mol. The van der Waals surface area contributed by atoms with Crippen LogP contribution in [0.15, 0.2) is 12.1 Å². The molecule has 0 aliphatic heterocycles. The van der Waals surface area contributed by atoms with E-state index in [0.29, 0.717) is 17.9 Å². The third-order valence-electron chi connectivity index (χ3n) is 3.86. The molecule has 100 valence electrons. The van der Waals surface area contributed by atoms with Gasteiger partial charge in [0.2, 0.25) is 0 Å². The number of nitrogens with one attached hydrogen (secondary N) is 1. The molecule has 0 saturated heterocycles. The molecule has 0 radical (unpaired) electrons. The quantitative estimate of drug-likeness (QED) is 0.807. The average Bonchev–Trinajstić information content (AvgIpc) is 2.36. The summed E-state index contributed by atoms with van der Waals surface area (Å²) in [6.45, 7) is 3.96. The lowest BCUT2D eigenvalue weighted by Gasteiger charge is -2.30. The fraction of sp³-hybridized carbons (Fsp3) is 0.600. The molecular formula is C15H23NO2. The van der Waals surface area contributed by atoms with E-state index in [1.165, 1.54) is 19.3 Å². The molecule has 3 nitrogen and oxygen atoms in total. The minimum absolute atomic E-state index is 0.372. The van der Waals surface area contributed by atoms with Crippen LogP contribution < -0.4 is 5.32 Å². The molecule has 1 aliphatic carbocycles. The molecule has 18 heavy (non-hydrogen) atoms. The van der Waals surface area contributed by atoms with Crippen LogP contribution in [0.2, 0.25) is 0 Å². The standard InChI is InChI=1S/C15H23NO2/c1-10-8-15(17)11(2)7-14(10)16-12-5-4-6-13(9-12)18-3/h7-8,12-13,16-17H,4-6,9H2,1-3H3. The fourth-order valence-electron chi connectivity index (χ4n) is 2.67. The molecule has 1 aromatic rings. The van der Waals surface area contributed by atoms with E-state index in [1.807, 2.05) is 26.0 Å². The molecule has 1 fully saturated rings. The summed E-state index contributed by atoms with van der Waals surface area (Å²) in [7, 11) is 1.79. The summed E-state index contributed by atoms with van der Waals surface area (Å²) in [6.07, 6.45) is 5.03. The normalized spacial score (nSPS) is 23.9.